The molecule has 1 fully saturated rings. The second-order valence-electron chi connectivity index (χ2n) is 8.11. The number of ether oxygens (including phenoxy) is 2. The molecule has 2 atom stereocenters. The smallest absolute Gasteiger partial charge is 0.122 e. The molecule has 5 heteroatoms. The zero-order chi connectivity index (χ0) is 20.0. The van der Waals surface area contributed by atoms with E-state index in [0.29, 0.717) is 12.3 Å². The molecule has 2 aromatic rings. The number of benzene rings is 2. The van der Waals surface area contributed by atoms with Crippen molar-refractivity contribution >= 4 is 12.4 Å². The molecule has 2 N–H and O–H groups in total. The Kier molecular flexibility index (Phi) is 8.38. The van der Waals surface area contributed by atoms with Crippen molar-refractivity contribution in [3.63, 3.8) is 0 Å². The molecule has 2 unspecified atom stereocenters. The fraction of sp³-hybridized carbons (Fsp3) is 0.500. The van der Waals surface area contributed by atoms with Crippen molar-refractivity contribution in [2.24, 2.45) is 0 Å². The number of hydrogen-bond acceptors (Lipinski definition) is 4. The Labute approximate surface area is 181 Å². The molecule has 29 heavy (non-hydrogen) atoms. The molecule has 0 saturated carbocycles. The molecule has 0 aromatic heterocycles. The van der Waals surface area contributed by atoms with E-state index in [9.17, 15) is 5.11 Å². The van der Waals surface area contributed by atoms with Gasteiger partial charge >= 0.3 is 0 Å². The van der Waals surface area contributed by atoms with Crippen LogP contribution in [0.4, 0.5) is 0 Å². The Morgan fingerprint density at radius 1 is 1.14 bits per heavy atom. The number of methoxy groups -OCH3 is 1. The summed E-state index contributed by atoms with van der Waals surface area (Å²) >= 11 is 0. The van der Waals surface area contributed by atoms with E-state index >= 15 is 0 Å². The predicted octanol–water partition coefficient (Wildman–Crippen LogP) is 5.22. The number of aromatic hydroxyl groups is 1. The van der Waals surface area contributed by atoms with Crippen LogP contribution in [0, 0.1) is 0 Å². The van der Waals surface area contributed by atoms with Gasteiger partial charge in [0.1, 0.15) is 11.5 Å². The maximum absolute atomic E-state index is 9.98. The minimum Gasteiger partial charge on any atom is -0.508 e. The number of halogens is 1. The van der Waals surface area contributed by atoms with Crippen LogP contribution >= 0.6 is 12.4 Å². The Morgan fingerprint density at radius 2 is 1.86 bits per heavy atom. The number of rotatable bonds is 8. The van der Waals surface area contributed by atoms with Gasteiger partial charge < -0.3 is 19.9 Å². The van der Waals surface area contributed by atoms with Crippen molar-refractivity contribution in [3.05, 3.63) is 59.7 Å². The lowest BCUT2D eigenvalue weighted by atomic mass is 9.66. The predicted molar refractivity (Wildman–Crippen MR) is 120 cm³/mol. The molecule has 1 aliphatic rings. The molecule has 1 heterocycles. The van der Waals surface area contributed by atoms with Crippen LogP contribution in [0.25, 0.3) is 0 Å². The van der Waals surface area contributed by atoms with Crippen LogP contribution in [0.1, 0.15) is 50.7 Å². The van der Waals surface area contributed by atoms with Gasteiger partial charge in [0.05, 0.1) is 12.7 Å². The molecular formula is C24H34ClNO3. The summed E-state index contributed by atoms with van der Waals surface area (Å²) in [7, 11) is 1.75. The Morgan fingerprint density at radius 3 is 2.59 bits per heavy atom. The van der Waals surface area contributed by atoms with Crippen molar-refractivity contribution in [2.75, 3.05) is 20.3 Å². The highest BCUT2D eigenvalue weighted by atomic mass is 35.5. The summed E-state index contributed by atoms with van der Waals surface area (Å²) in [6, 6.07) is 15.9. The van der Waals surface area contributed by atoms with Crippen molar-refractivity contribution in [3.8, 4) is 11.5 Å². The van der Waals surface area contributed by atoms with Gasteiger partial charge in [0.25, 0.3) is 0 Å². The van der Waals surface area contributed by atoms with Crippen LogP contribution in [-0.4, -0.2) is 31.0 Å². The first kappa shape index (κ1) is 23.5. The quantitative estimate of drug-likeness (QED) is 0.576. The van der Waals surface area contributed by atoms with E-state index < -0.39 is 0 Å². The van der Waals surface area contributed by atoms with Crippen LogP contribution in [0.2, 0.25) is 0 Å². The molecule has 160 valence electrons. The number of nitrogens with one attached hydrogen (secondary N) is 1. The number of hydrogen-bond donors (Lipinski definition) is 2. The minimum absolute atomic E-state index is 0. The van der Waals surface area contributed by atoms with Crippen LogP contribution in [0.3, 0.4) is 0 Å². The lowest BCUT2D eigenvalue weighted by Gasteiger charge is -2.47. The fourth-order valence-corrected chi connectivity index (χ4v) is 4.45. The van der Waals surface area contributed by atoms with E-state index in [2.05, 4.69) is 37.4 Å². The maximum atomic E-state index is 9.98. The number of phenols is 1. The van der Waals surface area contributed by atoms with E-state index in [1.54, 1.807) is 13.2 Å². The second kappa shape index (κ2) is 10.3. The summed E-state index contributed by atoms with van der Waals surface area (Å²) in [4.78, 5) is 0. The standard InChI is InChI=1S/C24H33NO3.ClH/c1-4-23(2)18-24(14-16-28-23,20-10-6-8-12-22(20)27-3)13-15-25-17-19-9-5-7-11-21(19)26;/h5-12,25-26H,4,13-18H2,1-3H3;1H. The van der Waals surface area contributed by atoms with Gasteiger partial charge in [0.15, 0.2) is 0 Å². The first-order valence-corrected chi connectivity index (χ1v) is 10.3. The van der Waals surface area contributed by atoms with Gasteiger partial charge in [-0.1, -0.05) is 43.3 Å². The van der Waals surface area contributed by atoms with Crippen molar-refractivity contribution < 1.29 is 14.6 Å². The van der Waals surface area contributed by atoms with Crippen molar-refractivity contribution in [1.29, 1.82) is 0 Å². The third-order valence-corrected chi connectivity index (χ3v) is 6.26. The lowest BCUT2D eigenvalue weighted by molar-refractivity contribution is -0.0982. The normalized spacial score (nSPS) is 24.0. The molecule has 2 aromatic carbocycles. The molecule has 0 amide bonds. The number of phenolic OH excluding ortho intramolecular Hbond substituents is 1. The molecule has 0 aliphatic carbocycles. The molecule has 4 nitrogen and oxygen atoms in total. The first-order chi connectivity index (χ1) is 13.5. The number of para-hydroxylation sites is 2. The summed E-state index contributed by atoms with van der Waals surface area (Å²) in [6.45, 7) is 6.73. The molecule has 1 aliphatic heterocycles. The van der Waals surface area contributed by atoms with Gasteiger partial charge in [-0.25, -0.2) is 0 Å². The monoisotopic (exact) mass is 419 g/mol. The lowest BCUT2D eigenvalue weighted by Crippen LogP contribution is -2.46. The Bertz CT molecular complexity index is 784. The van der Waals surface area contributed by atoms with Gasteiger partial charge in [-0.3, -0.25) is 0 Å². The van der Waals surface area contributed by atoms with Gasteiger partial charge in [0.2, 0.25) is 0 Å². The maximum Gasteiger partial charge on any atom is 0.122 e. The zero-order valence-corrected chi connectivity index (χ0v) is 18.6. The van der Waals surface area contributed by atoms with Crippen LogP contribution in [0.5, 0.6) is 11.5 Å². The molecule has 0 bridgehead atoms. The molecule has 0 radical (unpaired) electrons. The topological polar surface area (TPSA) is 50.7 Å². The van der Waals surface area contributed by atoms with E-state index in [-0.39, 0.29) is 23.4 Å². The summed E-state index contributed by atoms with van der Waals surface area (Å²) in [6.07, 6.45) is 3.96. The molecular weight excluding hydrogens is 386 g/mol. The van der Waals surface area contributed by atoms with E-state index in [4.69, 9.17) is 9.47 Å². The van der Waals surface area contributed by atoms with Gasteiger partial charge in [-0.2, -0.15) is 0 Å². The highest BCUT2D eigenvalue weighted by molar-refractivity contribution is 5.85. The van der Waals surface area contributed by atoms with E-state index in [0.717, 1.165) is 50.1 Å². The summed E-state index contributed by atoms with van der Waals surface area (Å²) < 4.78 is 11.9. The second-order valence-corrected chi connectivity index (χ2v) is 8.11. The SMILES string of the molecule is CCC1(C)CC(CCNCc2ccccc2O)(c2ccccc2OC)CCO1.Cl. The van der Waals surface area contributed by atoms with Gasteiger partial charge in [-0.15, -0.1) is 12.4 Å². The molecule has 1 saturated heterocycles. The Balaban J connectivity index is 0.00000300. The fourth-order valence-electron chi connectivity index (χ4n) is 4.45. The largest absolute Gasteiger partial charge is 0.508 e. The van der Waals surface area contributed by atoms with Gasteiger partial charge in [0, 0.05) is 29.7 Å². The first-order valence-electron chi connectivity index (χ1n) is 10.3. The zero-order valence-electron chi connectivity index (χ0n) is 17.7. The molecule has 3 rings (SSSR count). The van der Waals surface area contributed by atoms with Gasteiger partial charge in [-0.05, 0) is 51.3 Å². The third-order valence-electron chi connectivity index (χ3n) is 6.26. The average molecular weight is 420 g/mol. The third kappa shape index (κ3) is 5.44. The summed E-state index contributed by atoms with van der Waals surface area (Å²) in [5, 5.41) is 13.5. The summed E-state index contributed by atoms with van der Waals surface area (Å²) in [5.74, 6) is 1.31. The van der Waals surface area contributed by atoms with Crippen molar-refractivity contribution in [2.45, 2.75) is 57.1 Å². The van der Waals surface area contributed by atoms with Crippen molar-refractivity contribution in [1.82, 2.24) is 5.32 Å². The van der Waals surface area contributed by atoms with E-state index in [1.807, 2.05) is 24.3 Å². The highest BCUT2D eigenvalue weighted by Crippen LogP contribution is 2.47. The van der Waals surface area contributed by atoms with E-state index in [1.165, 1.54) is 5.56 Å². The average Bonchev–Trinajstić information content (AvgIpc) is 2.72. The summed E-state index contributed by atoms with van der Waals surface area (Å²) in [5.41, 5.74) is 2.11. The molecule has 0 spiro atoms. The van der Waals surface area contributed by atoms with Crippen LogP contribution < -0.4 is 10.1 Å². The Hall–Kier alpha value is -1.75. The minimum atomic E-state index is -0.114. The highest BCUT2D eigenvalue weighted by Gasteiger charge is 2.44. The van der Waals surface area contributed by atoms with Crippen LogP contribution in [0.15, 0.2) is 48.5 Å². The van der Waals surface area contributed by atoms with Crippen LogP contribution in [-0.2, 0) is 16.7 Å².